The van der Waals surface area contributed by atoms with Gasteiger partial charge >= 0.3 is 6.61 Å². The number of carbonyl (C=O) groups excluding carboxylic acids is 1. The number of rotatable bonds is 8. The van der Waals surface area contributed by atoms with E-state index in [-0.39, 0.29) is 24.3 Å². The molecule has 0 saturated carbocycles. The molecule has 1 amide bonds. The van der Waals surface area contributed by atoms with Crippen LogP contribution in [0.5, 0.6) is 11.5 Å². The summed E-state index contributed by atoms with van der Waals surface area (Å²) in [5.41, 5.74) is 1.98. The molecule has 25 heavy (non-hydrogen) atoms. The predicted octanol–water partition coefficient (Wildman–Crippen LogP) is 4.11. The zero-order valence-corrected chi connectivity index (χ0v) is 14.2. The monoisotopic (exact) mass is 349 g/mol. The first-order chi connectivity index (χ1) is 12.0. The van der Waals surface area contributed by atoms with E-state index in [4.69, 9.17) is 4.74 Å². The molecule has 0 bridgehead atoms. The van der Waals surface area contributed by atoms with E-state index in [2.05, 4.69) is 17.0 Å². The van der Waals surface area contributed by atoms with Crippen molar-refractivity contribution in [2.75, 3.05) is 6.61 Å². The first-order valence-electron chi connectivity index (χ1n) is 8.03. The van der Waals surface area contributed by atoms with Crippen molar-refractivity contribution >= 4 is 5.91 Å². The second-order valence-corrected chi connectivity index (χ2v) is 5.52. The number of halogens is 2. The van der Waals surface area contributed by atoms with Gasteiger partial charge in [-0.3, -0.25) is 4.79 Å². The molecule has 0 aromatic heterocycles. The molecule has 0 saturated heterocycles. The number of benzene rings is 2. The van der Waals surface area contributed by atoms with Crippen LogP contribution in [-0.2, 0) is 11.2 Å². The summed E-state index contributed by atoms with van der Waals surface area (Å²) >= 11 is 0. The van der Waals surface area contributed by atoms with Gasteiger partial charge in [0.2, 0.25) is 0 Å². The van der Waals surface area contributed by atoms with E-state index in [1.54, 1.807) is 19.1 Å². The number of alkyl halides is 2. The quantitative estimate of drug-likeness (QED) is 0.780. The van der Waals surface area contributed by atoms with E-state index in [0.29, 0.717) is 5.75 Å². The van der Waals surface area contributed by atoms with Crippen molar-refractivity contribution in [3.63, 3.8) is 0 Å². The normalized spacial score (nSPS) is 11.9. The van der Waals surface area contributed by atoms with E-state index in [0.717, 1.165) is 12.0 Å². The highest BCUT2D eigenvalue weighted by Gasteiger charge is 2.11. The second kappa shape index (κ2) is 9.01. The summed E-state index contributed by atoms with van der Waals surface area (Å²) in [6.07, 6.45) is 0.944. The van der Waals surface area contributed by atoms with Crippen molar-refractivity contribution in [3.8, 4) is 11.5 Å². The van der Waals surface area contributed by atoms with Gasteiger partial charge in [0, 0.05) is 0 Å². The Morgan fingerprint density at radius 1 is 1.04 bits per heavy atom. The largest absolute Gasteiger partial charge is 0.484 e. The molecule has 0 spiro atoms. The predicted molar refractivity (Wildman–Crippen MR) is 90.9 cm³/mol. The SMILES string of the molecule is CCc1ccc(OCC(=O)NC(C)c2ccc(OC(F)F)cc2)cc1. The molecule has 0 heterocycles. The summed E-state index contributed by atoms with van der Waals surface area (Å²) in [4.78, 5) is 12.0. The topological polar surface area (TPSA) is 47.6 Å². The van der Waals surface area contributed by atoms with Gasteiger partial charge < -0.3 is 14.8 Å². The Morgan fingerprint density at radius 2 is 1.64 bits per heavy atom. The Kier molecular flexibility index (Phi) is 6.74. The fourth-order valence-corrected chi connectivity index (χ4v) is 2.27. The molecule has 2 aromatic rings. The summed E-state index contributed by atoms with van der Waals surface area (Å²) in [6, 6.07) is 13.4. The summed E-state index contributed by atoms with van der Waals surface area (Å²) < 4.78 is 34.0. The molecule has 2 rings (SSSR count). The second-order valence-electron chi connectivity index (χ2n) is 5.52. The lowest BCUT2D eigenvalue weighted by atomic mass is 10.1. The van der Waals surface area contributed by atoms with Crippen molar-refractivity contribution in [2.24, 2.45) is 0 Å². The molecular formula is C19H21F2NO3. The molecule has 1 unspecified atom stereocenters. The molecule has 0 aliphatic rings. The number of aryl methyl sites for hydroxylation is 1. The van der Waals surface area contributed by atoms with Gasteiger partial charge in [0.15, 0.2) is 6.61 Å². The van der Waals surface area contributed by atoms with Gasteiger partial charge in [-0.25, -0.2) is 0 Å². The van der Waals surface area contributed by atoms with Crippen LogP contribution < -0.4 is 14.8 Å². The van der Waals surface area contributed by atoms with E-state index in [1.807, 2.05) is 24.3 Å². The Balaban J connectivity index is 1.82. The zero-order chi connectivity index (χ0) is 18.2. The van der Waals surface area contributed by atoms with Gasteiger partial charge in [-0.15, -0.1) is 0 Å². The lowest BCUT2D eigenvalue weighted by Gasteiger charge is -2.15. The molecule has 1 atom stereocenters. The summed E-state index contributed by atoms with van der Waals surface area (Å²) in [7, 11) is 0. The maximum Gasteiger partial charge on any atom is 0.387 e. The summed E-state index contributed by atoms with van der Waals surface area (Å²) in [6.45, 7) is 0.919. The molecule has 0 radical (unpaired) electrons. The highest BCUT2D eigenvalue weighted by atomic mass is 19.3. The molecule has 0 aliphatic heterocycles. The zero-order valence-electron chi connectivity index (χ0n) is 14.2. The van der Waals surface area contributed by atoms with E-state index < -0.39 is 6.61 Å². The van der Waals surface area contributed by atoms with Crippen molar-refractivity contribution in [1.82, 2.24) is 5.32 Å². The van der Waals surface area contributed by atoms with Crippen molar-refractivity contribution in [1.29, 1.82) is 0 Å². The van der Waals surface area contributed by atoms with Crippen molar-refractivity contribution in [3.05, 3.63) is 59.7 Å². The molecule has 6 heteroatoms. The van der Waals surface area contributed by atoms with Gasteiger partial charge in [0.05, 0.1) is 6.04 Å². The van der Waals surface area contributed by atoms with E-state index in [1.165, 1.54) is 17.7 Å². The van der Waals surface area contributed by atoms with Crippen LogP contribution in [0.15, 0.2) is 48.5 Å². The van der Waals surface area contributed by atoms with Crippen LogP contribution in [0.3, 0.4) is 0 Å². The molecule has 0 aliphatic carbocycles. The highest BCUT2D eigenvalue weighted by Crippen LogP contribution is 2.19. The van der Waals surface area contributed by atoms with Crippen LogP contribution in [0.25, 0.3) is 0 Å². The standard InChI is InChI=1S/C19H21F2NO3/c1-3-14-4-8-16(9-5-14)24-12-18(23)22-13(2)15-6-10-17(11-7-15)25-19(20)21/h4-11,13,19H,3,12H2,1-2H3,(H,22,23). The Labute approximate surface area is 145 Å². The third kappa shape index (κ3) is 6.06. The smallest absolute Gasteiger partial charge is 0.387 e. The minimum absolute atomic E-state index is 0.0798. The molecule has 2 aromatic carbocycles. The molecular weight excluding hydrogens is 328 g/mol. The van der Waals surface area contributed by atoms with Crippen LogP contribution >= 0.6 is 0 Å². The molecule has 4 nitrogen and oxygen atoms in total. The number of amides is 1. The maximum atomic E-state index is 12.1. The average molecular weight is 349 g/mol. The highest BCUT2D eigenvalue weighted by molar-refractivity contribution is 5.78. The lowest BCUT2D eigenvalue weighted by molar-refractivity contribution is -0.123. The molecule has 134 valence electrons. The Bertz CT molecular complexity index is 672. The first kappa shape index (κ1) is 18.7. The van der Waals surface area contributed by atoms with Crippen LogP contribution in [0.4, 0.5) is 8.78 Å². The van der Waals surface area contributed by atoms with Gasteiger partial charge in [-0.05, 0) is 48.7 Å². The number of hydrogen-bond acceptors (Lipinski definition) is 3. The third-order valence-corrected chi connectivity index (χ3v) is 3.68. The minimum Gasteiger partial charge on any atom is -0.484 e. The van der Waals surface area contributed by atoms with Gasteiger partial charge in [-0.1, -0.05) is 31.2 Å². The Hall–Kier alpha value is -2.63. The number of ether oxygens (including phenoxy) is 2. The number of carbonyl (C=O) groups is 1. The van der Waals surface area contributed by atoms with Gasteiger partial charge in [0.1, 0.15) is 11.5 Å². The summed E-state index contributed by atoms with van der Waals surface area (Å²) in [5, 5.41) is 2.80. The third-order valence-electron chi connectivity index (χ3n) is 3.68. The molecule has 0 fully saturated rings. The van der Waals surface area contributed by atoms with Crippen LogP contribution in [0, 0.1) is 0 Å². The summed E-state index contributed by atoms with van der Waals surface area (Å²) in [5.74, 6) is 0.449. The fourth-order valence-electron chi connectivity index (χ4n) is 2.27. The maximum absolute atomic E-state index is 12.1. The molecule has 1 N–H and O–H groups in total. The first-order valence-corrected chi connectivity index (χ1v) is 8.03. The number of nitrogens with one attached hydrogen (secondary N) is 1. The van der Waals surface area contributed by atoms with E-state index in [9.17, 15) is 13.6 Å². The fraction of sp³-hybridized carbons (Fsp3) is 0.316. The van der Waals surface area contributed by atoms with E-state index >= 15 is 0 Å². The average Bonchev–Trinajstić information content (AvgIpc) is 2.60. The van der Waals surface area contributed by atoms with Crippen molar-refractivity contribution in [2.45, 2.75) is 32.9 Å². The number of hydrogen-bond donors (Lipinski definition) is 1. The minimum atomic E-state index is -2.86. The Morgan fingerprint density at radius 3 is 2.20 bits per heavy atom. The van der Waals surface area contributed by atoms with Gasteiger partial charge in [0.25, 0.3) is 5.91 Å². The van der Waals surface area contributed by atoms with Crippen LogP contribution in [-0.4, -0.2) is 19.1 Å². The van der Waals surface area contributed by atoms with Crippen LogP contribution in [0.2, 0.25) is 0 Å². The van der Waals surface area contributed by atoms with Crippen molar-refractivity contribution < 1.29 is 23.0 Å². The lowest BCUT2D eigenvalue weighted by Crippen LogP contribution is -2.31. The van der Waals surface area contributed by atoms with Gasteiger partial charge in [-0.2, -0.15) is 8.78 Å². The van der Waals surface area contributed by atoms with Crippen LogP contribution in [0.1, 0.15) is 31.0 Å².